The van der Waals surface area contributed by atoms with Crippen LogP contribution in [0.5, 0.6) is 17.2 Å². The normalized spacial score (nSPS) is 11.1. The number of rotatable bonds is 11. The highest BCUT2D eigenvalue weighted by molar-refractivity contribution is 5.97. The smallest absolute Gasteiger partial charge is 0.328 e. The number of carbonyl (C=O) groups excluding carboxylic acids is 1. The van der Waals surface area contributed by atoms with Gasteiger partial charge in [-0.2, -0.15) is 0 Å². The van der Waals surface area contributed by atoms with E-state index < -0.39 is 5.97 Å². The Hall–Kier alpha value is -3.54. The van der Waals surface area contributed by atoms with Crippen molar-refractivity contribution in [1.82, 2.24) is 0 Å². The minimum Gasteiger partial charge on any atom is -0.507 e. The number of carbonyl (C=O) groups is 2. The van der Waals surface area contributed by atoms with Crippen LogP contribution in [0, 0.1) is 0 Å². The van der Waals surface area contributed by atoms with E-state index >= 15 is 0 Å². The van der Waals surface area contributed by atoms with Gasteiger partial charge in [0.1, 0.15) is 30.5 Å². The second-order valence-corrected chi connectivity index (χ2v) is 6.58. The van der Waals surface area contributed by atoms with Crippen LogP contribution in [-0.4, -0.2) is 35.2 Å². The standard InChI is InChI=1S/C24H26O6/c1-3-7-21-22(12-11-20(17(2)25)24(21)28)30-15-5-4-14-29-19-9-6-8-18(16-19)10-13-23(26)27/h4-6,8-13,16,28H,3,7,14-15H2,1-2H3,(H,26,27). The molecule has 0 aromatic heterocycles. The van der Waals surface area contributed by atoms with Gasteiger partial charge in [0, 0.05) is 11.6 Å². The van der Waals surface area contributed by atoms with Gasteiger partial charge in [-0.05, 0) is 61.4 Å². The highest BCUT2D eigenvalue weighted by atomic mass is 16.5. The van der Waals surface area contributed by atoms with Crippen LogP contribution < -0.4 is 9.47 Å². The minimum atomic E-state index is -1.00. The molecule has 2 aromatic carbocycles. The van der Waals surface area contributed by atoms with Crippen molar-refractivity contribution >= 4 is 17.8 Å². The van der Waals surface area contributed by atoms with Crippen molar-refractivity contribution in [2.75, 3.05) is 13.2 Å². The van der Waals surface area contributed by atoms with E-state index in [9.17, 15) is 14.7 Å². The average Bonchev–Trinajstić information content (AvgIpc) is 2.71. The summed E-state index contributed by atoms with van der Waals surface area (Å²) in [4.78, 5) is 22.2. The van der Waals surface area contributed by atoms with Crippen molar-refractivity contribution in [3.8, 4) is 17.2 Å². The monoisotopic (exact) mass is 410 g/mol. The molecule has 0 saturated heterocycles. The summed E-state index contributed by atoms with van der Waals surface area (Å²) < 4.78 is 11.4. The lowest BCUT2D eigenvalue weighted by atomic mass is 10.0. The first kappa shape index (κ1) is 22.7. The van der Waals surface area contributed by atoms with Gasteiger partial charge < -0.3 is 19.7 Å². The number of aliphatic carboxylic acids is 1. The maximum absolute atomic E-state index is 11.6. The molecule has 2 aromatic rings. The van der Waals surface area contributed by atoms with Crippen molar-refractivity contribution in [2.24, 2.45) is 0 Å². The second kappa shape index (κ2) is 11.5. The Morgan fingerprint density at radius 3 is 2.47 bits per heavy atom. The molecule has 158 valence electrons. The van der Waals surface area contributed by atoms with Gasteiger partial charge in [0.25, 0.3) is 0 Å². The third kappa shape index (κ3) is 6.81. The average molecular weight is 410 g/mol. The number of phenols is 1. The Morgan fingerprint density at radius 1 is 1.07 bits per heavy atom. The van der Waals surface area contributed by atoms with Gasteiger partial charge in [-0.1, -0.05) is 25.5 Å². The molecule has 0 aliphatic heterocycles. The molecule has 0 atom stereocenters. The fourth-order valence-corrected chi connectivity index (χ4v) is 2.82. The largest absolute Gasteiger partial charge is 0.507 e. The molecule has 0 aliphatic carbocycles. The van der Waals surface area contributed by atoms with E-state index in [1.165, 1.54) is 13.0 Å². The fourth-order valence-electron chi connectivity index (χ4n) is 2.82. The van der Waals surface area contributed by atoms with E-state index in [4.69, 9.17) is 14.6 Å². The molecule has 30 heavy (non-hydrogen) atoms. The summed E-state index contributed by atoms with van der Waals surface area (Å²) in [5, 5.41) is 19.0. The second-order valence-electron chi connectivity index (χ2n) is 6.58. The molecule has 0 unspecified atom stereocenters. The number of benzene rings is 2. The van der Waals surface area contributed by atoms with Crippen LogP contribution >= 0.6 is 0 Å². The lowest BCUT2D eigenvalue weighted by Crippen LogP contribution is -2.02. The highest BCUT2D eigenvalue weighted by Gasteiger charge is 2.15. The molecule has 0 radical (unpaired) electrons. The van der Waals surface area contributed by atoms with Gasteiger partial charge in [-0.3, -0.25) is 4.79 Å². The SMILES string of the molecule is CCCc1c(OCC=CCOc2cccc(C=CC(=O)O)c2)ccc(C(C)=O)c1O. The van der Waals surface area contributed by atoms with E-state index in [1.54, 1.807) is 42.5 Å². The first-order valence-electron chi connectivity index (χ1n) is 9.69. The molecule has 0 saturated carbocycles. The van der Waals surface area contributed by atoms with E-state index in [1.807, 2.05) is 13.0 Å². The highest BCUT2D eigenvalue weighted by Crippen LogP contribution is 2.33. The first-order chi connectivity index (χ1) is 14.4. The van der Waals surface area contributed by atoms with Crippen LogP contribution in [0.25, 0.3) is 6.08 Å². The Kier molecular flexibility index (Phi) is 8.69. The Labute approximate surface area is 176 Å². The molecule has 0 heterocycles. The predicted octanol–water partition coefficient (Wildman–Crippen LogP) is 4.66. The molecule has 2 N–H and O–H groups in total. The Balaban J connectivity index is 1.90. The van der Waals surface area contributed by atoms with E-state index in [0.29, 0.717) is 42.3 Å². The Morgan fingerprint density at radius 2 is 1.80 bits per heavy atom. The van der Waals surface area contributed by atoms with Gasteiger partial charge in [0.2, 0.25) is 0 Å². The molecule has 6 heteroatoms. The van der Waals surface area contributed by atoms with Crippen LogP contribution in [0.2, 0.25) is 0 Å². The van der Waals surface area contributed by atoms with E-state index in [0.717, 1.165) is 18.1 Å². The summed E-state index contributed by atoms with van der Waals surface area (Å²) in [7, 11) is 0. The summed E-state index contributed by atoms with van der Waals surface area (Å²) in [6, 6.07) is 10.4. The summed E-state index contributed by atoms with van der Waals surface area (Å²) in [5.74, 6) is -0.0107. The van der Waals surface area contributed by atoms with Gasteiger partial charge >= 0.3 is 5.97 Å². The lowest BCUT2D eigenvalue weighted by Gasteiger charge is -2.13. The number of phenolic OH excluding ortho intramolecular Hbond substituents is 1. The maximum atomic E-state index is 11.6. The topological polar surface area (TPSA) is 93.1 Å². The molecule has 6 nitrogen and oxygen atoms in total. The summed E-state index contributed by atoms with van der Waals surface area (Å²) in [6.45, 7) is 4.03. The van der Waals surface area contributed by atoms with Crippen LogP contribution in [0.3, 0.4) is 0 Å². The molecular formula is C24H26O6. The fraction of sp³-hybridized carbons (Fsp3) is 0.250. The summed E-state index contributed by atoms with van der Waals surface area (Å²) >= 11 is 0. The van der Waals surface area contributed by atoms with Crippen molar-refractivity contribution in [3.63, 3.8) is 0 Å². The Bertz CT molecular complexity index is 943. The number of aromatic hydroxyl groups is 1. The van der Waals surface area contributed by atoms with Gasteiger partial charge in [-0.15, -0.1) is 0 Å². The number of carboxylic acids is 1. The molecule has 0 bridgehead atoms. The molecule has 0 fully saturated rings. The lowest BCUT2D eigenvalue weighted by molar-refractivity contribution is -0.131. The maximum Gasteiger partial charge on any atom is 0.328 e. The number of Topliss-reactive ketones (excluding diaryl/α,β-unsaturated/α-hetero) is 1. The zero-order valence-electron chi connectivity index (χ0n) is 17.1. The number of ether oxygens (including phenoxy) is 2. The van der Waals surface area contributed by atoms with Crippen molar-refractivity contribution < 1.29 is 29.3 Å². The van der Waals surface area contributed by atoms with Gasteiger partial charge in [0.05, 0.1) is 5.56 Å². The third-order valence-corrected chi connectivity index (χ3v) is 4.24. The third-order valence-electron chi connectivity index (χ3n) is 4.24. The summed E-state index contributed by atoms with van der Waals surface area (Å²) in [6.07, 6.45) is 7.61. The zero-order chi connectivity index (χ0) is 21.9. The van der Waals surface area contributed by atoms with Crippen LogP contribution in [0.15, 0.2) is 54.6 Å². The predicted molar refractivity (Wildman–Crippen MR) is 115 cm³/mol. The van der Waals surface area contributed by atoms with Crippen molar-refractivity contribution in [2.45, 2.75) is 26.7 Å². The van der Waals surface area contributed by atoms with Gasteiger partial charge in [0.15, 0.2) is 5.78 Å². The summed E-state index contributed by atoms with van der Waals surface area (Å²) in [5.41, 5.74) is 1.68. The number of hydrogen-bond donors (Lipinski definition) is 2. The minimum absolute atomic E-state index is 0.00834. The zero-order valence-corrected chi connectivity index (χ0v) is 17.1. The molecule has 0 amide bonds. The molecule has 0 spiro atoms. The molecule has 2 rings (SSSR count). The van der Waals surface area contributed by atoms with E-state index in [-0.39, 0.29) is 11.5 Å². The van der Waals surface area contributed by atoms with Crippen LogP contribution in [0.4, 0.5) is 0 Å². The number of ketones is 1. The van der Waals surface area contributed by atoms with Gasteiger partial charge in [-0.25, -0.2) is 4.79 Å². The molecular weight excluding hydrogens is 384 g/mol. The van der Waals surface area contributed by atoms with Crippen LogP contribution in [0.1, 0.15) is 41.8 Å². The quantitative estimate of drug-likeness (QED) is 0.318. The number of hydrogen-bond acceptors (Lipinski definition) is 5. The van der Waals surface area contributed by atoms with Crippen molar-refractivity contribution in [3.05, 3.63) is 71.3 Å². The van der Waals surface area contributed by atoms with Crippen LogP contribution in [-0.2, 0) is 11.2 Å². The first-order valence-corrected chi connectivity index (χ1v) is 9.69. The number of carboxylic acid groups (broad SMARTS) is 1. The van der Waals surface area contributed by atoms with Crippen molar-refractivity contribution in [1.29, 1.82) is 0 Å². The molecule has 0 aliphatic rings. The van der Waals surface area contributed by atoms with E-state index in [2.05, 4.69) is 0 Å².